The van der Waals surface area contributed by atoms with Crippen LogP contribution in [0, 0.1) is 18.8 Å². The lowest BCUT2D eigenvalue weighted by Crippen LogP contribution is -2.48. The van der Waals surface area contributed by atoms with Gasteiger partial charge in [0.15, 0.2) is 0 Å². The predicted octanol–water partition coefficient (Wildman–Crippen LogP) is 1.79. The Hall–Kier alpha value is -1.97. The van der Waals surface area contributed by atoms with Gasteiger partial charge in [-0.05, 0) is 51.2 Å². The molecule has 1 aromatic rings. The number of hydrogen-bond acceptors (Lipinski definition) is 5. The molecule has 2 aliphatic heterocycles. The highest BCUT2D eigenvalue weighted by Crippen LogP contribution is 2.27. The Bertz CT molecular complexity index is 871. The number of nitrogens with one attached hydrogen (secondary N) is 1. The molecule has 0 atom stereocenters. The minimum Gasteiger partial charge on any atom is -0.385 e. The second kappa shape index (κ2) is 11.2. The summed E-state index contributed by atoms with van der Waals surface area (Å²) in [5.74, 6) is -0.0545. The lowest BCUT2D eigenvalue weighted by atomic mass is 9.92. The van der Waals surface area contributed by atoms with Crippen LogP contribution in [0.15, 0.2) is 29.2 Å². The molecule has 32 heavy (non-hydrogen) atoms. The van der Waals surface area contributed by atoms with E-state index in [9.17, 15) is 18.0 Å². The van der Waals surface area contributed by atoms with Crippen molar-refractivity contribution in [2.24, 2.45) is 11.8 Å². The van der Waals surface area contributed by atoms with Crippen molar-refractivity contribution >= 4 is 21.8 Å². The van der Waals surface area contributed by atoms with Crippen LogP contribution in [-0.2, 0) is 24.3 Å². The summed E-state index contributed by atoms with van der Waals surface area (Å²) in [6.45, 7) is 5.02. The van der Waals surface area contributed by atoms with Crippen molar-refractivity contribution < 1.29 is 22.7 Å². The number of amides is 2. The van der Waals surface area contributed by atoms with E-state index in [0.717, 1.165) is 12.0 Å². The second-order valence-electron chi connectivity index (χ2n) is 8.73. The van der Waals surface area contributed by atoms with Crippen LogP contribution in [0.1, 0.15) is 37.7 Å². The van der Waals surface area contributed by atoms with Crippen LogP contribution in [0.3, 0.4) is 0 Å². The van der Waals surface area contributed by atoms with Gasteiger partial charge < -0.3 is 15.0 Å². The van der Waals surface area contributed by atoms with Crippen molar-refractivity contribution in [2.75, 3.05) is 46.4 Å². The van der Waals surface area contributed by atoms with Gasteiger partial charge in [-0.1, -0.05) is 17.7 Å². The van der Waals surface area contributed by atoms with Gasteiger partial charge in [0.25, 0.3) is 0 Å². The molecule has 2 fully saturated rings. The first-order valence-electron chi connectivity index (χ1n) is 11.4. The fourth-order valence-electron chi connectivity index (χ4n) is 4.40. The molecular weight excluding hydrogens is 430 g/mol. The molecule has 0 unspecified atom stereocenters. The molecule has 2 amide bonds. The van der Waals surface area contributed by atoms with Gasteiger partial charge in [0.2, 0.25) is 21.8 Å². The van der Waals surface area contributed by atoms with Gasteiger partial charge in [-0.15, -0.1) is 0 Å². The van der Waals surface area contributed by atoms with E-state index < -0.39 is 10.0 Å². The number of carbonyl (C=O) groups excluding carboxylic acids is 2. The zero-order valence-electron chi connectivity index (χ0n) is 19.1. The molecule has 2 saturated heterocycles. The molecule has 2 aliphatic rings. The van der Waals surface area contributed by atoms with Crippen LogP contribution in [0.4, 0.5) is 0 Å². The molecule has 0 bridgehead atoms. The van der Waals surface area contributed by atoms with Crippen LogP contribution >= 0.6 is 0 Å². The molecule has 0 saturated carbocycles. The Morgan fingerprint density at radius 3 is 2.19 bits per heavy atom. The summed E-state index contributed by atoms with van der Waals surface area (Å²) in [6.07, 6.45) is 3.19. The fourth-order valence-corrected chi connectivity index (χ4v) is 5.86. The summed E-state index contributed by atoms with van der Waals surface area (Å²) < 4.78 is 32.2. The minimum absolute atomic E-state index is 0.0527. The van der Waals surface area contributed by atoms with E-state index in [1.807, 2.05) is 11.8 Å². The van der Waals surface area contributed by atoms with E-state index in [1.165, 1.54) is 4.31 Å². The number of methoxy groups -OCH3 is 1. The monoisotopic (exact) mass is 465 g/mol. The lowest BCUT2D eigenvalue weighted by molar-refractivity contribution is -0.140. The van der Waals surface area contributed by atoms with Crippen LogP contribution in [0.5, 0.6) is 0 Å². The molecule has 0 spiro atoms. The van der Waals surface area contributed by atoms with Crippen molar-refractivity contribution in [3.63, 3.8) is 0 Å². The topological polar surface area (TPSA) is 96.0 Å². The number of sulfonamides is 1. The number of rotatable bonds is 8. The molecule has 0 aromatic heterocycles. The summed E-state index contributed by atoms with van der Waals surface area (Å²) in [5.41, 5.74) is 1.01. The number of carbonyl (C=O) groups is 2. The molecule has 9 heteroatoms. The largest absolute Gasteiger partial charge is 0.385 e. The SMILES string of the molecule is COCCCNC(=O)C1CCN(C(=O)C2CCN(S(=O)(=O)c3ccc(C)cc3)CC2)CC1. The zero-order chi connectivity index (χ0) is 23.1. The zero-order valence-corrected chi connectivity index (χ0v) is 19.9. The number of hydrogen-bond donors (Lipinski definition) is 1. The maximum absolute atomic E-state index is 13.0. The predicted molar refractivity (Wildman–Crippen MR) is 121 cm³/mol. The number of likely N-dealkylation sites (tertiary alicyclic amines) is 1. The Morgan fingerprint density at radius 1 is 1.00 bits per heavy atom. The molecule has 3 rings (SSSR count). The Labute approximate surface area is 191 Å². The normalized spacial score (nSPS) is 19.1. The number of ether oxygens (including phenoxy) is 1. The van der Waals surface area contributed by atoms with Gasteiger partial charge >= 0.3 is 0 Å². The molecular formula is C23H35N3O5S. The summed E-state index contributed by atoms with van der Waals surface area (Å²) in [5, 5.41) is 2.95. The van der Waals surface area contributed by atoms with Crippen molar-refractivity contribution in [3.05, 3.63) is 29.8 Å². The van der Waals surface area contributed by atoms with E-state index >= 15 is 0 Å². The fraction of sp³-hybridized carbons (Fsp3) is 0.652. The average molecular weight is 466 g/mol. The second-order valence-corrected chi connectivity index (χ2v) is 10.7. The maximum Gasteiger partial charge on any atom is 0.243 e. The van der Waals surface area contributed by atoms with E-state index in [1.54, 1.807) is 31.4 Å². The van der Waals surface area contributed by atoms with Crippen LogP contribution < -0.4 is 5.32 Å². The standard InChI is InChI=1S/C23H35N3O5S/c1-18-4-6-21(7-5-18)32(29,30)26-15-10-20(11-16-26)23(28)25-13-8-19(9-14-25)22(27)24-12-3-17-31-2/h4-7,19-20H,3,8-17H2,1-2H3,(H,24,27). The molecule has 178 valence electrons. The van der Waals surface area contributed by atoms with E-state index in [2.05, 4.69) is 5.32 Å². The van der Waals surface area contributed by atoms with Crippen molar-refractivity contribution in [2.45, 2.75) is 43.9 Å². The lowest BCUT2D eigenvalue weighted by Gasteiger charge is -2.36. The summed E-state index contributed by atoms with van der Waals surface area (Å²) >= 11 is 0. The first-order chi connectivity index (χ1) is 15.3. The Balaban J connectivity index is 1.45. The number of nitrogens with zero attached hydrogens (tertiary/aromatic N) is 2. The molecule has 1 N–H and O–H groups in total. The van der Waals surface area contributed by atoms with Gasteiger partial charge in [0.05, 0.1) is 4.90 Å². The van der Waals surface area contributed by atoms with Gasteiger partial charge in [0.1, 0.15) is 0 Å². The van der Waals surface area contributed by atoms with Crippen molar-refractivity contribution in [1.82, 2.24) is 14.5 Å². The van der Waals surface area contributed by atoms with Crippen LogP contribution in [-0.4, -0.2) is 75.9 Å². The maximum atomic E-state index is 13.0. The van der Waals surface area contributed by atoms with Crippen molar-refractivity contribution in [1.29, 1.82) is 0 Å². The van der Waals surface area contributed by atoms with Crippen LogP contribution in [0.25, 0.3) is 0 Å². The van der Waals surface area contributed by atoms with E-state index in [-0.39, 0.29) is 23.7 Å². The highest BCUT2D eigenvalue weighted by Gasteiger charge is 2.35. The molecule has 2 heterocycles. The first-order valence-corrected chi connectivity index (χ1v) is 12.9. The average Bonchev–Trinajstić information content (AvgIpc) is 2.82. The third kappa shape index (κ3) is 6.08. The summed E-state index contributed by atoms with van der Waals surface area (Å²) in [6, 6.07) is 6.87. The summed E-state index contributed by atoms with van der Waals surface area (Å²) in [7, 11) is -1.88. The third-order valence-electron chi connectivity index (χ3n) is 6.46. The smallest absolute Gasteiger partial charge is 0.243 e. The van der Waals surface area contributed by atoms with Crippen LogP contribution in [0.2, 0.25) is 0 Å². The molecule has 1 aromatic carbocycles. The number of aryl methyl sites for hydroxylation is 1. The van der Waals surface area contributed by atoms with Gasteiger partial charge in [-0.25, -0.2) is 8.42 Å². The summed E-state index contributed by atoms with van der Waals surface area (Å²) in [4.78, 5) is 27.4. The Morgan fingerprint density at radius 2 is 1.59 bits per heavy atom. The van der Waals surface area contributed by atoms with Gasteiger partial charge in [-0.3, -0.25) is 9.59 Å². The number of piperidine rings is 2. The molecule has 0 aliphatic carbocycles. The van der Waals surface area contributed by atoms with Gasteiger partial charge in [-0.2, -0.15) is 4.31 Å². The minimum atomic E-state index is -3.52. The molecule has 0 radical (unpaired) electrons. The van der Waals surface area contributed by atoms with E-state index in [0.29, 0.717) is 69.9 Å². The van der Waals surface area contributed by atoms with Gasteiger partial charge in [0, 0.05) is 58.3 Å². The highest BCUT2D eigenvalue weighted by molar-refractivity contribution is 7.89. The first kappa shape index (κ1) is 24.7. The quantitative estimate of drug-likeness (QED) is 0.591. The van der Waals surface area contributed by atoms with E-state index in [4.69, 9.17) is 4.74 Å². The molecule has 8 nitrogen and oxygen atoms in total. The third-order valence-corrected chi connectivity index (χ3v) is 8.38. The highest BCUT2D eigenvalue weighted by atomic mass is 32.2. The Kier molecular flexibility index (Phi) is 8.67. The van der Waals surface area contributed by atoms with Crippen molar-refractivity contribution in [3.8, 4) is 0 Å². The number of benzene rings is 1.